The third-order valence-electron chi connectivity index (χ3n) is 3.62. The average molecular weight is 215 g/mol. The first-order valence-electron chi connectivity index (χ1n) is 6.23. The van der Waals surface area contributed by atoms with Crippen molar-refractivity contribution >= 4 is 11.5 Å². The molecular weight excluding hydrogens is 198 g/mol. The van der Waals surface area contributed by atoms with Crippen LogP contribution < -0.4 is 5.32 Å². The molecule has 0 atom stereocenters. The molecule has 1 N–H and O–H groups in total. The molecule has 0 saturated heterocycles. The number of carbonyl (C=O) groups is 1. The van der Waals surface area contributed by atoms with Gasteiger partial charge in [-0.2, -0.15) is 0 Å². The molecule has 1 aromatic carbocycles. The summed E-state index contributed by atoms with van der Waals surface area (Å²) >= 11 is 0. The minimum absolute atomic E-state index is 0.309. The van der Waals surface area contributed by atoms with Crippen molar-refractivity contribution in [2.45, 2.75) is 32.1 Å². The molecule has 0 amide bonds. The van der Waals surface area contributed by atoms with E-state index >= 15 is 0 Å². The van der Waals surface area contributed by atoms with Crippen molar-refractivity contribution in [1.82, 2.24) is 0 Å². The molecule has 1 fully saturated rings. The van der Waals surface area contributed by atoms with Gasteiger partial charge in [0.2, 0.25) is 0 Å². The second-order valence-electron chi connectivity index (χ2n) is 4.95. The van der Waals surface area contributed by atoms with Crippen LogP contribution >= 0.6 is 0 Å². The number of anilines is 1. The lowest BCUT2D eigenvalue weighted by Crippen LogP contribution is -2.00. The molecule has 2 aliphatic rings. The highest BCUT2D eigenvalue weighted by Crippen LogP contribution is 2.34. The molecule has 16 heavy (non-hydrogen) atoms. The smallest absolute Gasteiger partial charge is 0.162 e. The largest absolute Gasteiger partial charge is 0.384 e. The Kier molecular flexibility index (Phi) is 2.43. The normalized spacial score (nSPS) is 18.0. The molecule has 2 heteroatoms. The number of ketones is 1. The van der Waals surface area contributed by atoms with Gasteiger partial charge in [-0.3, -0.25) is 4.79 Å². The second-order valence-corrected chi connectivity index (χ2v) is 4.95. The van der Waals surface area contributed by atoms with Crippen LogP contribution in [-0.2, 0) is 6.42 Å². The maximum Gasteiger partial charge on any atom is 0.162 e. The van der Waals surface area contributed by atoms with E-state index < -0.39 is 0 Å². The Hall–Kier alpha value is -1.31. The molecule has 1 heterocycles. The molecule has 84 valence electrons. The molecule has 0 spiro atoms. The molecule has 0 unspecified atom stereocenters. The van der Waals surface area contributed by atoms with Crippen LogP contribution in [0.1, 0.15) is 41.6 Å². The van der Waals surface area contributed by atoms with Crippen molar-refractivity contribution in [3.63, 3.8) is 0 Å². The summed E-state index contributed by atoms with van der Waals surface area (Å²) in [5.41, 5.74) is 3.39. The first-order valence-corrected chi connectivity index (χ1v) is 6.23. The topological polar surface area (TPSA) is 29.1 Å². The Bertz CT molecular complexity index is 421. The molecule has 0 bridgehead atoms. The monoisotopic (exact) mass is 215 g/mol. The van der Waals surface area contributed by atoms with Gasteiger partial charge in [0.25, 0.3) is 0 Å². The van der Waals surface area contributed by atoms with Crippen LogP contribution in [0.25, 0.3) is 0 Å². The molecule has 1 aliphatic carbocycles. The van der Waals surface area contributed by atoms with E-state index in [4.69, 9.17) is 0 Å². The highest BCUT2D eigenvalue weighted by atomic mass is 16.1. The summed E-state index contributed by atoms with van der Waals surface area (Å²) in [5.74, 6) is 1.15. The summed E-state index contributed by atoms with van der Waals surface area (Å²) in [6.07, 6.45) is 5.57. The first-order chi connectivity index (χ1) is 7.83. The van der Waals surface area contributed by atoms with E-state index in [1.165, 1.54) is 18.4 Å². The number of carbonyl (C=O) groups excluding carboxylic acids is 1. The molecule has 1 aliphatic heterocycles. The van der Waals surface area contributed by atoms with E-state index in [-0.39, 0.29) is 0 Å². The maximum atomic E-state index is 11.9. The Balaban J connectivity index is 1.70. The van der Waals surface area contributed by atoms with Gasteiger partial charge in [0, 0.05) is 24.2 Å². The Labute approximate surface area is 96.1 Å². The minimum atomic E-state index is 0.309. The number of rotatable bonds is 4. The summed E-state index contributed by atoms with van der Waals surface area (Å²) < 4.78 is 0. The molecular formula is C14H17NO. The van der Waals surface area contributed by atoms with Gasteiger partial charge in [0.05, 0.1) is 0 Å². The fourth-order valence-electron chi connectivity index (χ4n) is 2.35. The second kappa shape index (κ2) is 3.93. The SMILES string of the molecule is O=C(CCC1CC1)c1ccc2c(c1)NCC2. The van der Waals surface area contributed by atoms with Gasteiger partial charge in [-0.1, -0.05) is 25.0 Å². The lowest BCUT2D eigenvalue weighted by atomic mass is 10.0. The van der Waals surface area contributed by atoms with Crippen LogP contribution in [0, 0.1) is 5.92 Å². The highest BCUT2D eigenvalue weighted by Gasteiger charge is 2.22. The predicted octanol–water partition coefficient (Wildman–Crippen LogP) is 3.03. The van der Waals surface area contributed by atoms with Crippen LogP contribution in [-0.4, -0.2) is 12.3 Å². The lowest BCUT2D eigenvalue weighted by molar-refractivity contribution is 0.0978. The summed E-state index contributed by atoms with van der Waals surface area (Å²) in [6, 6.07) is 6.11. The standard InChI is InChI=1S/C14H17NO/c16-14(6-3-10-1-2-10)12-5-4-11-7-8-15-13(11)9-12/h4-5,9-10,15H,1-3,6-8H2. The summed E-state index contributed by atoms with van der Waals surface area (Å²) in [7, 11) is 0. The van der Waals surface area contributed by atoms with Gasteiger partial charge >= 0.3 is 0 Å². The Morgan fingerprint density at radius 1 is 1.38 bits per heavy atom. The van der Waals surface area contributed by atoms with Gasteiger partial charge in [0.15, 0.2) is 5.78 Å². The minimum Gasteiger partial charge on any atom is -0.384 e. The maximum absolute atomic E-state index is 11.9. The van der Waals surface area contributed by atoms with Crippen molar-refractivity contribution < 1.29 is 4.79 Å². The summed E-state index contributed by atoms with van der Waals surface area (Å²) in [5, 5.41) is 3.32. The zero-order valence-electron chi connectivity index (χ0n) is 9.46. The van der Waals surface area contributed by atoms with E-state index in [1.807, 2.05) is 12.1 Å². The average Bonchev–Trinajstić information content (AvgIpc) is 3.01. The van der Waals surface area contributed by atoms with E-state index in [1.54, 1.807) is 0 Å². The third kappa shape index (κ3) is 1.97. The van der Waals surface area contributed by atoms with Crippen LogP contribution in [0.15, 0.2) is 18.2 Å². The van der Waals surface area contributed by atoms with Crippen LogP contribution in [0.3, 0.4) is 0 Å². The zero-order valence-corrected chi connectivity index (χ0v) is 9.46. The molecule has 2 nitrogen and oxygen atoms in total. The number of fused-ring (bicyclic) bond motifs is 1. The molecule has 1 aromatic rings. The van der Waals surface area contributed by atoms with E-state index in [0.717, 1.165) is 43.0 Å². The Morgan fingerprint density at radius 3 is 3.06 bits per heavy atom. The van der Waals surface area contributed by atoms with E-state index in [2.05, 4.69) is 11.4 Å². The van der Waals surface area contributed by atoms with Gasteiger partial charge in [-0.05, 0) is 30.4 Å². The number of nitrogens with one attached hydrogen (secondary N) is 1. The van der Waals surface area contributed by atoms with Gasteiger partial charge in [-0.25, -0.2) is 0 Å². The third-order valence-corrected chi connectivity index (χ3v) is 3.62. The lowest BCUT2D eigenvalue weighted by Gasteiger charge is -2.04. The number of benzene rings is 1. The summed E-state index contributed by atoms with van der Waals surface area (Å²) in [6.45, 7) is 1.01. The van der Waals surface area contributed by atoms with E-state index in [0.29, 0.717) is 5.78 Å². The first kappa shape index (κ1) is 9.88. The molecule has 1 saturated carbocycles. The van der Waals surface area contributed by atoms with Crippen LogP contribution in [0.2, 0.25) is 0 Å². The quantitative estimate of drug-likeness (QED) is 0.782. The Morgan fingerprint density at radius 2 is 2.25 bits per heavy atom. The van der Waals surface area contributed by atoms with Gasteiger partial charge in [-0.15, -0.1) is 0 Å². The zero-order chi connectivity index (χ0) is 11.0. The van der Waals surface area contributed by atoms with Crippen molar-refractivity contribution in [2.24, 2.45) is 5.92 Å². The number of Topliss-reactive ketones (excluding diaryl/α,β-unsaturated/α-hetero) is 1. The van der Waals surface area contributed by atoms with Crippen LogP contribution in [0.5, 0.6) is 0 Å². The summed E-state index contributed by atoms with van der Waals surface area (Å²) in [4.78, 5) is 11.9. The van der Waals surface area contributed by atoms with Crippen molar-refractivity contribution in [3.05, 3.63) is 29.3 Å². The van der Waals surface area contributed by atoms with Gasteiger partial charge in [0.1, 0.15) is 0 Å². The predicted molar refractivity (Wildman–Crippen MR) is 64.9 cm³/mol. The fraction of sp³-hybridized carbons (Fsp3) is 0.500. The molecule has 0 aromatic heterocycles. The van der Waals surface area contributed by atoms with E-state index in [9.17, 15) is 4.79 Å². The van der Waals surface area contributed by atoms with Crippen molar-refractivity contribution in [1.29, 1.82) is 0 Å². The van der Waals surface area contributed by atoms with Gasteiger partial charge < -0.3 is 5.32 Å². The molecule has 0 radical (unpaired) electrons. The van der Waals surface area contributed by atoms with Crippen LogP contribution in [0.4, 0.5) is 5.69 Å². The fourth-order valence-corrected chi connectivity index (χ4v) is 2.35. The van der Waals surface area contributed by atoms with Crippen molar-refractivity contribution in [3.8, 4) is 0 Å². The number of hydrogen-bond acceptors (Lipinski definition) is 2. The highest BCUT2D eigenvalue weighted by molar-refractivity contribution is 5.97. The molecule has 3 rings (SSSR count). The van der Waals surface area contributed by atoms with Crippen molar-refractivity contribution in [2.75, 3.05) is 11.9 Å². The number of hydrogen-bond donors (Lipinski definition) is 1.